The van der Waals surface area contributed by atoms with Crippen LogP contribution in [0.2, 0.25) is 0 Å². The second kappa shape index (κ2) is 8.79. The Bertz CT molecular complexity index is 1080. The van der Waals surface area contributed by atoms with Crippen molar-refractivity contribution in [2.75, 3.05) is 6.54 Å². The van der Waals surface area contributed by atoms with E-state index in [1.807, 2.05) is 13.0 Å². The van der Waals surface area contributed by atoms with E-state index in [4.69, 9.17) is 14.7 Å². The topological polar surface area (TPSA) is 97.1 Å². The molecule has 0 radical (unpaired) electrons. The SMILES string of the molecule is C=CC(F)(F)c1nc2ccc(C#N)cc2nc1O[C@H]1CN[C@H](C(=O)OC(C)(C)C)[C@@H]1CC. The molecule has 0 unspecified atom stereocenters. The highest BCUT2D eigenvalue weighted by Crippen LogP contribution is 2.36. The van der Waals surface area contributed by atoms with E-state index >= 15 is 0 Å². The summed E-state index contributed by atoms with van der Waals surface area (Å²) in [4.78, 5) is 20.9. The second-order valence-electron chi connectivity index (χ2n) is 8.67. The predicted molar refractivity (Wildman–Crippen MR) is 114 cm³/mol. The van der Waals surface area contributed by atoms with E-state index in [1.54, 1.807) is 20.8 Å². The van der Waals surface area contributed by atoms with Gasteiger partial charge in [0, 0.05) is 12.5 Å². The molecule has 1 saturated heterocycles. The van der Waals surface area contributed by atoms with Crippen LogP contribution in [0.25, 0.3) is 11.0 Å². The lowest BCUT2D eigenvalue weighted by Crippen LogP contribution is -2.41. The van der Waals surface area contributed by atoms with Crippen molar-refractivity contribution < 1.29 is 23.0 Å². The molecule has 2 aromatic rings. The summed E-state index contributed by atoms with van der Waals surface area (Å²) in [6.45, 7) is 10.7. The van der Waals surface area contributed by atoms with Crippen molar-refractivity contribution in [2.45, 2.75) is 57.8 Å². The summed E-state index contributed by atoms with van der Waals surface area (Å²) in [7, 11) is 0. The van der Waals surface area contributed by atoms with Crippen molar-refractivity contribution in [2.24, 2.45) is 5.92 Å². The molecule has 32 heavy (non-hydrogen) atoms. The Labute approximate surface area is 185 Å². The first-order chi connectivity index (χ1) is 15.0. The highest BCUT2D eigenvalue weighted by Gasteiger charge is 2.44. The zero-order valence-corrected chi connectivity index (χ0v) is 18.5. The van der Waals surface area contributed by atoms with Gasteiger partial charge in [0.05, 0.1) is 22.7 Å². The van der Waals surface area contributed by atoms with E-state index in [0.29, 0.717) is 18.1 Å². The Morgan fingerprint density at radius 2 is 2.06 bits per heavy atom. The maximum absolute atomic E-state index is 14.6. The van der Waals surface area contributed by atoms with Gasteiger partial charge in [-0.2, -0.15) is 14.0 Å². The van der Waals surface area contributed by atoms with Crippen LogP contribution in [0.3, 0.4) is 0 Å². The molecule has 3 atom stereocenters. The fraction of sp³-hybridized carbons (Fsp3) is 0.478. The lowest BCUT2D eigenvalue weighted by atomic mass is 9.95. The first-order valence-electron chi connectivity index (χ1n) is 10.4. The average molecular weight is 444 g/mol. The van der Waals surface area contributed by atoms with Crippen LogP contribution >= 0.6 is 0 Å². The molecule has 0 aliphatic carbocycles. The number of hydrogen-bond donors (Lipinski definition) is 1. The van der Waals surface area contributed by atoms with Crippen LogP contribution in [0.4, 0.5) is 8.78 Å². The van der Waals surface area contributed by atoms with Crippen molar-refractivity contribution in [3.05, 3.63) is 42.1 Å². The standard InChI is InChI=1S/C23H26F2N4O3/c1-6-14-17(12-27-18(14)21(30)32-22(3,4)5)31-20-19(23(24,25)7-2)28-15-9-8-13(11-26)10-16(15)29-20/h7-10,14,17-18,27H,2,6,12H2,1,3-5H3/t14-,17+,18+/m1/s1. The van der Waals surface area contributed by atoms with Crippen LogP contribution in [-0.4, -0.2) is 40.2 Å². The van der Waals surface area contributed by atoms with Crippen molar-refractivity contribution in [1.82, 2.24) is 15.3 Å². The Kier molecular flexibility index (Phi) is 6.46. The Morgan fingerprint density at radius 3 is 2.66 bits per heavy atom. The molecular formula is C23H26F2N4O3. The van der Waals surface area contributed by atoms with E-state index in [-0.39, 0.29) is 29.4 Å². The molecule has 0 bridgehead atoms. The maximum Gasteiger partial charge on any atom is 0.324 e. The third-order valence-corrected chi connectivity index (χ3v) is 5.17. The first-order valence-corrected chi connectivity index (χ1v) is 10.4. The van der Waals surface area contributed by atoms with Crippen molar-refractivity contribution in [1.29, 1.82) is 5.26 Å². The molecule has 0 amide bonds. The molecule has 1 aromatic carbocycles. The minimum Gasteiger partial charge on any atom is -0.471 e. The largest absolute Gasteiger partial charge is 0.471 e. The summed E-state index contributed by atoms with van der Waals surface area (Å²) < 4.78 is 40.7. The molecule has 1 fully saturated rings. The van der Waals surface area contributed by atoms with Gasteiger partial charge in [0.25, 0.3) is 0 Å². The second-order valence-corrected chi connectivity index (χ2v) is 8.67. The van der Waals surface area contributed by atoms with Crippen LogP contribution in [-0.2, 0) is 15.5 Å². The monoisotopic (exact) mass is 444 g/mol. The normalized spacial score (nSPS) is 21.2. The summed E-state index contributed by atoms with van der Waals surface area (Å²) in [5.74, 6) is -4.58. The van der Waals surface area contributed by atoms with Gasteiger partial charge in [0.15, 0.2) is 5.69 Å². The number of nitrogens with one attached hydrogen (secondary N) is 1. The number of fused-ring (bicyclic) bond motifs is 1. The van der Waals surface area contributed by atoms with Gasteiger partial charge in [0.2, 0.25) is 5.88 Å². The molecule has 3 rings (SSSR count). The molecule has 1 aliphatic rings. The van der Waals surface area contributed by atoms with Gasteiger partial charge < -0.3 is 14.8 Å². The van der Waals surface area contributed by atoms with E-state index in [9.17, 15) is 13.6 Å². The highest BCUT2D eigenvalue weighted by atomic mass is 19.3. The van der Waals surface area contributed by atoms with Crippen molar-refractivity contribution in [3.8, 4) is 11.9 Å². The van der Waals surface area contributed by atoms with Crippen LogP contribution < -0.4 is 10.1 Å². The molecule has 7 nitrogen and oxygen atoms in total. The number of benzene rings is 1. The van der Waals surface area contributed by atoms with Crippen LogP contribution in [0.5, 0.6) is 5.88 Å². The lowest BCUT2D eigenvalue weighted by molar-refractivity contribution is -0.158. The number of nitriles is 1. The molecule has 170 valence electrons. The van der Waals surface area contributed by atoms with Gasteiger partial charge in [0.1, 0.15) is 17.7 Å². The number of halogens is 2. The fourth-order valence-electron chi connectivity index (χ4n) is 3.66. The minimum absolute atomic E-state index is 0.205. The molecule has 0 saturated carbocycles. The maximum atomic E-state index is 14.6. The lowest BCUT2D eigenvalue weighted by Gasteiger charge is -2.26. The number of ether oxygens (including phenoxy) is 2. The summed E-state index contributed by atoms with van der Waals surface area (Å²) >= 11 is 0. The number of rotatable bonds is 6. The van der Waals surface area contributed by atoms with Crippen LogP contribution in [0, 0.1) is 17.2 Å². The molecule has 9 heteroatoms. The van der Waals surface area contributed by atoms with Gasteiger partial charge in [-0.15, -0.1) is 0 Å². The van der Waals surface area contributed by atoms with Gasteiger partial charge in [-0.3, -0.25) is 4.79 Å². The van der Waals surface area contributed by atoms with Gasteiger partial charge in [-0.25, -0.2) is 9.97 Å². The van der Waals surface area contributed by atoms with Crippen molar-refractivity contribution >= 4 is 17.0 Å². The van der Waals surface area contributed by atoms with E-state index in [2.05, 4.69) is 21.9 Å². The van der Waals surface area contributed by atoms with Crippen molar-refractivity contribution in [3.63, 3.8) is 0 Å². The minimum atomic E-state index is -3.48. The predicted octanol–water partition coefficient (Wildman–Crippen LogP) is 3.87. The number of esters is 1. The van der Waals surface area contributed by atoms with Crippen LogP contribution in [0.15, 0.2) is 30.9 Å². The number of allylic oxidation sites excluding steroid dienone is 1. The van der Waals surface area contributed by atoms with E-state index in [1.165, 1.54) is 18.2 Å². The molecule has 1 aliphatic heterocycles. The molecular weight excluding hydrogens is 418 g/mol. The molecule has 2 heterocycles. The molecule has 0 spiro atoms. The Balaban J connectivity index is 1.97. The molecule has 1 aromatic heterocycles. The third kappa shape index (κ3) is 4.86. The highest BCUT2D eigenvalue weighted by molar-refractivity contribution is 5.78. The smallest absolute Gasteiger partial charge is 0.324 e. The Morgan fingerprint density at radius 1 is 1.34 bits per heavy atom. The molecule has 1 N–H and O–H groups in total. The van der Waals surface area contributed by atoms with E-state index in [0.717, 1.165) is 0 Å². The fourth-order valence-corrected chi connectivity index (χ4v) is 3.66. The Hall–Kier alpha value is -3.12. The summed E-state index contributed by atoms with van der Waals surface area (Å²) in [6.07, 6.45) is 0.421. The first kappa shape index (κ1) is 23.5. The number of carbonyl (C=O) groups excluding carboxylic acids is 1. The van der Waals surface area contributed by atoms with Gasteiger partial charge >= 0.3 is 11.9 Å². The summed E-state index contributed by atoms with van der Waals surface area (Å²) in [5.41, 5.74) is -0.543. The summed E-state index contributed by atoms with van der Waals surface area (Å²) in [5, 5.41) is 12.2. The number of carbonyl (C=O) groups is 1. The van der Waals surface area contributed by atoms with Crippen LogP contribution in [0.1, 0.15) is 45.4 Å². The zero-order valence-electron chi connectivity index (χ0n) is 18.5. The number of aromatic nitrogens is 2. The zero-order chi connectivity index (χ0) is 23.7. The summed E-state index contributed by atoms with van der Waals surface area (Å²) in [6, 6.07) is 5.75. The van der Waals surface area contributed by atoms with Gasteiger partial charge in [-0.05, 0) is 51.5 Å². The number of nitrogens with zero attached hydrogens (tertiary/aromatic N) is 3. The van der Waals surface area contributed by atoms with Gasteiger partial charge in [-0.1, -0.05) is 13.5 Å². The third-order valence-electron chi connectivity index (χ3n) is 5.17. The number of alkyl halides is 2. The number of hydrogen-bond acceptors (Lipinski definition) is 7. The quantitative estimate of drug-likeness (QED) is 0.534. The average Bonchev–Trinajstić information content (AvgIpc) is 3.14. The van der Waals surface area contributed by atoms with E-state index < -0.39 is 35.3 Å².